The fraction of sp³-hybridized carbons (Fsp3) is 0.455. The van der Waals surface area contributed by atoms with Crippen molar-refractivity contribution in [1.82, 2.24) is 14.4 Å². The maximum absolute atomic E-state index is 4.57. The van der Waals surface area contributed by atoms with Crippen molar-refractivity contribution in [3.63, 3.8) is 0 Å². The molecule has 3 rings (SSSR count). The summed E-state index contributed by atoms with van der Waals surface area (Å²) in [7, 11) is 0. The largest absolute Gasteiger partial charge is 0.351 e. The van der Waals surface area contributed by atoms with E-state index in [0.29, 0.717) is 6.04 Å². The lowest BCUT2D eigenvalue weighted by molar-refractivity contribution is 0.726. The molecule has 5 heteroatoms. The van der Waals surface area contributed by atoms with Crippen LogP contribution in [-0.2, 0) is 0 Å². The van der Waals surface area contributed by atoms with Gasteiger partial charge < -0.3 is 9.30 Å². The van der Waals surface area contributed by atoms with Gasteiger partial charge in [0, 0.05) is 31.2 Å². The number of rotatable bonds is 1. The van der Waals surface area contributed by atoms with E-state index in [1.165, 1.54) is 12.8 Å². The molecule has 3 heterocycles. The minimum absolute atomic E-state index is 0.558. The molecule has 0 aliphatic carbocycles. The summed E-state index contributed by atoms with van der Waals surface area (Å²) in [6, 6.07) is 0.558. The molecule has 0 bridgehead atoms. The zero-order valence-electron chi connectivity index (χ0n) is 9.10. The second-order valence-corrected chi connectivity index (χ2v) is 5.04. The van der Waals surface area contributed by atoms with Crippen LogP contribution < -0.4 is 4.90 Å². The average Bonchev–Trinajstić information content (AvgIpc) is 2.84. The molecule has 1 unspecified atom stereocenters. The molecule has 16 heavy (non-hydrogen) atoms. The SMILES string of the molecule is CC1CCCN1c1nc(Br)cn2ccnc12. The van der Waals surface area contributed by atoms with Gasteiger partial charge in [0.25, 0.3) is 0 Å². The van der Waals surface area contributed by atoms with Crippen LogP contribution in [0.5, 0.6) is 0 Å². The fourth-order valence-electron chi connectivity index (χ4n) is 2.33. The second kappa shape index (κ2) is 3.73. The Kier molecular flexibility index (Phi) is 2.35. The maximum atomic E-state index is 4.57. The van der Waals surface area contributed by atoms with Gasteiger partial charge in [-0.15, -0.1) is 0 Å². The van der Waals surface area contributed by atoms with Crippen LogP contribution in [0.1, 0.15) is 19.8 Å². The molecular formula is C11H13BrN4. The summed E-state index contributed by atoms with van der Waals surface area (Å²) in [5.74, 6) is 0.990. The topological polar surface area (TPSA) is 33.4 Å². The molecule has 1 aliphatic rings. The predicted octanol–water partition coefficient (Wildman–Crippen LogP) is 2.48. The highest BCUT2D eigenvalue weighted by Gasteiger charge is 2.24. The Labute approximate surface area is 102 Å². The van der Waals surface area contributed by atoms with E-state index < -0.39 is 0 Å². The quantitative estimate of drug-likeness (QED) is 0.805. The summed E-state index contributed by atoms with van der Waals surface area (Å²) in [6.45, 7) is 3.32. The summed E-state index contributed by atoms with van der Waals surface area (Å²) in [6.07, 6.45) is 8.18. The molecular weight excluding hydrogens is 268 g/mol. The van der Waals surface area contributed by atoms with E-state index in [4.69, 9.17) is 0 Å². The van der Waals surface area contributed by atoms with Crippen molar-refractivity contribution >= 4 is 27.4 Å². The number of hydrogen-bond acceptors (Lipinski definition) is 3. The summed E-state index contributed by atoms with van der Waals surface area (Å²) in [5.41, 5.74) is 0.942. The number of aromatic nitrogens is 3. The number of fused-ring (bicyclic) bond motifs is 1. The van der Waals surface area contributed by atoms with E-state index >= 15 is 0 Å². The van der Waals surface area contributed by atoms with Crippen LogP contribution in [0, 0.1) is 0 Å². The number of anilines is 1. The summed E-state index contributed by atoms with van der Waals surface area (Å²) in [4.78, 5) is 11.3. The highest BCUT2D eigenvalue weighted by molar-refractivity contribution is 9.10. The van der Waals surface area contributed by atoms with E-state index in [1.807, 2.05) is 23.0 Å². The molecule has 1 fully saturated rings. The van der Waals surface area contributed by atoms with Gasteiger partial charge in [0.15, 0.2) is 11.5 Å². The standard InChI is InChI=1S/C11H13BrN4/c1-8-3-2-5-16(8)11-10-13-4-6-15(10)7-9(12)14-11/h4,6-8H,2-3,5H2,1H3. The first-order valence-electron chi connectivity index (χ1n) is 5.51. The molecule has 4 nitrogen and oxygen atoms in total. The monoisotopic (exact) mass is 280 g/mol. The van der Waals surface area contributed by atoms with Crippen LogP contribution in [-0.4, -0.2) is 27.0 Å². The van der Waals surface area contributed by atoms with Gasteiger partial charge in [0.2, 0.25) is 0 Å². The van der Waals surface area contributed by atoms with Crippen LogP contribution in [0.25, 0.3) is 5.65 Å². The Morgan fingerprint density at radius 2 is 2.38 bits per heavy atom. The maximum Gasteiger partial charge on any atom is 0.180 e. The Morgan fingerprint density at radius 3 is 3.12 bits per heavy atom. The fourth-order valence-corrected chi connectivity index (χ4v) is 2.71. The third-order valence-corrected chi connectivity index (χ3v) is 3.53. The van der Waals surface area contributed by atoms with Crippen molar-refractivity contribution < 1.29 is 0 Å². The van der Waals surface area contributed by atoms with Crippen molar-refractivity contribution in [2.75, 3.05) is 11.4 Å². The van der Waals surface area contributed by atoms with Gasteiger partial charge in [0.1, 0.15) is 4.60 Å². The molecule has 0 aromatic carbocycles. The third kappa shape index (κ3) is 1.50. The summed E-state index contributed by atoms with van der Waals surface area (Å²) in [5, 5.41) is 0. The minimum Gasteiger partial charge on any atom is -0.351 e. The Morgan fingerprint density at radius 1 is 1.50 bits per heavy atom. The summed E-state index contributed by atoms with van der Waals surface area (Å²) >= 11 is 3.45. The van der Waals surface area contributed by atoms with E-state index in [-0.39, 0.29) is 0 Å². The first kappa shape index (κ1) is 10.1. The van der Waals surface area contributed by atoms with Gasteiger partial charge in [0.05, 0.1) is 0 Å². The number of halogens is 1. The molecule has 84 valence electrons. The number of hydrogen-bond donors (Lipinski definition) is 0. The lowest BCUT2D eigenvalue weighted by atomic mass is 10.2. The first-order chi connectivity index (χ1) is 7.75. The van der Waals surface area contributed by atoms with Gasteiger partial charge in [-0.2, -0.15) is 0 Å². The number of imidazole rings is 1. The van der Waals surface area contributed by atoms with E-state index in [2.05, 4.69) is 37.7 Å². The zero-order valence-corrected chi connectivity index (χ0v) is 10.7. The van der Waals surface area contributed by atoms with Crippen LogP contribution in [0.4, 0.5) is 5.82 Å². The van der Waals surface area contributed by atoms with E-state index in [1.54, 1.807) is 0 Å². The molecule has 0 amide bonds. The Bertz CT molecular complexity index is 522. The van der Waals surface area contributed by atoms with Crippen LogP contribution in [0.2, 0.25) is 0 Å². The molecule has 1 saturated heterocycles. The first-order valence-corrected chi connectivity index (χ1v) is 6.31. The van der Waals surface area contributed by atoms with Crippen LogP contribution in [0.3, 0.4) is 0 Å². The van der Waals surface area contributed by atoms with Crippen LogP contribution >= 0.6 is 15.9 Å². The smallest absolute Gasteiger partial charge is 0.180 e. The lowest BCUT2D eigenvalue weighted by Crippen LogP contribution is -2.27. The van der Waals surface area contributed by atoms with Gasteiger partial charge >= 0.3 is 0 Å². The minimum atomic E-state index is 0.558. The Balaban J connectivity index is 2.17. The molecule has 0 spiro atoms. The normalized spacial score (nSPS) is 20.9. The molecule has 0 saturated carbocycles. The second-order valence-electron chi connectivity index (χ2n) is 4.23. The van der Waals surface area contributed by atoms with Gasteiger partial charge in [-0.05, 0) is 35.7 Å². The highest BCUT2D eigenvalue weighted by Crippen LogP contribution is 2.27. The third-order valence-electron chi connectivity index (χ3n) is 3.15. The highest BCUT2D eigenvalue weighted by atomic mass is 79.9. The summed E-state index contributed by atoms with van der Waals surface area (Å²) < 4.78 is 2.87. The molecule has 2 aromatic heterocycles. The lowest BCUT2D eigenvalue weighted by Gasteiger charge is -2.22. The zero-order chi connectivity index (χ0) is 11.1. The van der Waals surface area contributed by atoms with Crippen molar-refractivity contribution in [3.05, 3.63) is 23.2 Å². The van der Waals surface area contributed by atoms with Crippen molar-refractivity contribution in [3.8, 4) is 0 Å². The van der Waals surface area contributed by atoms with Crippen molar-refractivity contribution in [2.24, 2.45) is 0 Å². The van der Waals surface area contributed by atoms with Gasteiger partial charge in [-0.1, -0.05) is 0 Å². The molecule has 2 aromatic rings. The molecule has 1 atom stereocenters. The van der Waals surface area contributed by atoms with Gasteiger partial charge in [-0.25, -0.2) is 9.97 Å². The Hall–Kier alpha value is -1.10. The number of nitrogens with zero attached hydrogens (tertiary/aromatic N) is 4. The van der Waals surface area contributed by atoms with Gasteiger partial charge in [-0.3, -0.25) is 0 Å². The van der Waals surface area contributed by atoms with E-state index in [0.717, 1.165) is 22.6 Å². The predicted molar refractivity (Wildman–Crippen MR) is 66.7 cm³/mol. The molecule has 1 aliphatic heterocycles. The van der Waals surface area contributed by atoms with E-state index in [9.17, 15) is 0 Å². The average molecular weight is 281 g/mol. The van der Waals surface area contributed by atoms with Crippen LogP contribution in [0.15, 0.2) is 23.2 Å². The molecule has 0 radical (unpaired) electrons. The van der Waals surface area contributed by atoms with Crippen molar-refractivity contribution in [1.29, 1.82) is 0 Å². The molecule has 0 N–H and O–H groups in total. The van der Waals surface area contributed by atoms with Crippen molar-refractivity contribution in [2.45, 2.75) is 25.8 Å².